The molecule has 5 nitrogen and oxygen atoms in total. The van der Waals surface area contributed by atoms with E-state index >= 15 is 0 Å². The van der Waals surface area contributed by atoms with Crippen LogP contribution in [0, 0.1) is 0 Å². The molecule has 0 aliphatic rings. The summed E-state index contributed by atoms with van der Waals surface area (Å²) in [6.07, 6.45) is 4.57. The first-order valence-corrected chi connectivity index (χ1v) is 6.78. The van der Waals surface area contributed by atoms with E-state index in [2.05, 4.69) is 15.7 Å². The predicted molar refractivity (Wildman–Crippen MR) is 78.9 cm³/mol. The van der Waals surface area contributed by atoms with Crippen LogP contribution in [-0.2, 0) is 6.42 Å². The molecule has 0 saturated heterocycles. The summed E-state index contributed by atoms with van der Waals surface area (Å²) in [5, 5.41) is 9.93. The molecule has 1 aromatic carbocycles. The molecular formula is C15H20N4O. The number of hydrogen-bond acceptors (Lipinski definition) is 2. The van der Waals surface area contributed by atoms with Gasteiger partial charge in [-0.2, -0.15) is 5.10 Å². The highest BCUT2D eigenvalue weighted by Crippen LogP contribution is 2.07. The maximum absolute atomic E-state index is 11.4. The van der Waals surface area contributed by atoms with Crippen LogP contribution in [0.5, 0.6) is 0 Å². The van der Waals surface area contributed by atoms with Crippen molar-refractivity contribution >= 4 is 6.03 Å². The summed E-state index contributed by atoms with van der Waals surface area (Å²) >= 11 is 0. The van der Waals surface area contributed by atoms with Crippen LogP contribution >= 0.6 is 0 Å². The van der Waals surface area contributed by atoms with Crippen molar-refractivity contribution in [2.45, 2.75) is 26.3 Å². The minimum absolute atomic E-state index is 0.129. The summed E-state index contributed by atoms with van der Waals surface area (Å²) in [5.41, 5.74) is 2.13. The third kappa shape index (κ3) is 4.12. The first-order chi connectivity index (χ1) is 9.65. The number of carbonyl (C=O) groups is 1. The third-order valence-electron chi connectivity index (χ3n) is 2.78. The Labute approximate surface area is 119 Å². The van der Waals surface area contributed by atoms with Crippen molar-refractivity contribution in [1.82, 2.24) is 20.4 Å². The Morgan fingerprint density at radius 2 is 2.05 bits per heavy atom. The highest BCUT2D eigenvalue weighted by Gasteiger charge is 2.03. The van der Waals surface area contributed by atoms with E-state index in [4.69, 9.17) is 0 Å². The molecule has 0 unspecified atom stereocenters. The van der Waals surface area contributed by atoms with Crippen molar-refractivity contribution < 1.29 is 4.79 Å². The van der Waals surface area contributed by atoms with Gasteiger partial charge < -0.3 is 10.6 Å². The highest BCUT2D eigenvalue weighted by atomic mass is 16.2. The fourth-order valence-corrected chi connectivity index (χ4v) is 1.84. The summed E-state index contributed by atoms with van der Waals surface area (Å²) in [6.45, 7) is 4.46. The molecule has 2 rings (SSSR count). The van der Waals surface area contributed by atoms with Crippen molar-refractivity contribution in [3.8, 4) is 5.69 Å². The van der Waals surface area contributed by atoms with E-state index in [-0.39, 0.29) is 12.1 Å². The second kappa shape index (κ2) is 6.75. The van der Waals surface area contributed by atoms with Crippen LogP contribution in [0.2, 0.25) is 0 Å². The molecule has 0 bridgehead atoms. The number of urea groups is 1. The number of nitrogens with zero attached hydrogens (tertiary/aromatic N) is 2. The fraction of sp³-hybridized carbons (Fsp3) is 0.333. The Morgan fingerprint density at radius 1 is 1.30 bits per heavy atom. The molecule has 0 aliphatic carbocycles. The van der Waals surface area contributed by atoms with Crippen molar-refractivity contribution in [3.63, 3.8) is 0 Å². The van der Waals surface area contributed by atoms with Crippen LogP contribution in [-0.4, -0.2) is 28.4 Å². The van der Waals surface area contributed by atoms with Gasteiger partial charge in [0.25, 0.3) is 0 Å². The molecule has 2 aromatic rings. The van der Waals surface area contributed by atoms with Crippen molar-refractivity contribution in [1.29, 1.82) is 0 Å². The van der Waals surface area contributed by atoms with Gasteiger partial charge in [-0.25, -0.2) is 9.48 Å². The second-order valence-electron chi connectivity index (χ2n) is 4.93. The second-order valence-corrected chi connectivity index (χ2v) is 4.93. The predicted octanol–water partition coefficient (Wildman–Crippen LogP) is 2.12. The molecule has 1 aromatic heterocycles. The Bertz CT molecular complexity index is 548. The van der Waals surface area contributed by atoms with Gasteiger partial charge in [0, 0.05) is 18.8 Å². The molecule has 0 fully saturated rings. The largest absolute Gasteiger partial charge is 0.338 e. The third-order valence-corrected chi connectivity index (χ3v) is 2.78. The minimum Gasteiger partial charge on any atom is -0.338 e. The van der Waals surface area contributed by atoms with Gasteiger partial charge in [-0.05, 0) is 38.0 Å². The zero-order valence-electron chi connectivity index (χ0n) is 11.8. The summed E-state index contributed by atoms with van der Waals surface area (Å²) in [4.78, 5) is 11.4. The van der Waals surface area contributed by atoms with E-state index in [9.17, 15) is 4.79 Å². The molecule has 106 valence electrons. The van der Waals surface area contributed by atoms with Crippen molar-refractivity contribution in [3.05, 3.63) is 48.3 Å². The zero-order chi connectivity index (χ0) is 14.4. The molecule has 2 amide bonds. The van der Waals surface area contributed by atoms with Crippen LogP contribution in [0.4, 0.5) is 4.79 Å². The quantitative estimate of drug-likeness (QED) is 0.876. The van der Waals surface area contributed by atoms with E-state index in [1.54, 1.807) is 0 Å². The minimum atomic E-state index is -0.129. The van der Waals surface area contributed by atoms with E-state index in [1.807, 2.05) is 61.3 Å². The molecule has 1 heterocycles. The summed E-state index contributed by atoms with van der Waals surface area (Å²) in [6, 6.07) is 9.97. The van der Waals surface area contributed by atoms with Crippen LogP contribution < -0.4 is 10.6 Å². The molecule has 5 heteroatoms. The number of rotatable bonds is 5. The zero-order valence-corrected chi connectivity index (χ0v) is 11.8. The van der Waals surface area contributed by atoms with Gasteiger partial charge in [-0.3, -0.25) is 0 Å². The maximum Gasteiger partial charge on any atom is 0.314 e. The monoisotopic (exact) mass is 272 g/mol. The van der Waals surface area contributed by atoms with Crippen molar-refractivity contribution in [2.24, 2.45) is 0 Å². The number of para-hydroxylation sites is 1. The molecular weight excluding hydrogens is 252 g/mol. The average Bonchev–Trinajstić information content (AvgIpc) is 2.88. The molecule has 20 heavy (non-hydrogen) atoms. The molecule has 2 N–H and O–H groups in total. The SMILES string of the molecule is CC(C)NC(=O)NCCc1cnn(-c2ccccc2)c1. The summed E-state index contributed by atoms with van der Waals surface area (Å²) < 4.78 is 1.84. The fourth-order valence-electron chi connectivity index (χ4n) is 1.84. The Hall–Kier alpha value is -2.30. The van der Waals surface area contributed by atoms with Gasteiger partial charge in [-0.1, -0.05) is 18.2 Å². The normalized spacial score (nSPS) is 10.6. The number of carbonyl (C=O) groups excluding carboxylic acids is 1. The number of hydrogen-bond donors (Lipinski definition) is 2. The summed E-state index contributed by atoms with van der Waals surface area (Å²) in [7, 11) is 0. The lowest BCUT2D eigenvalue weighted by atomic mass is 10.2. The molecule has 0 atom stereocenters. The van der Waals surface area contributed by atoms with Crippen LogP contribution in [0.3, 0.4) is 0 Å². The van der Waals surface area contributed by atoms with E-state index in [0.29, 0.717) is 6.54 Å². The average molecular weight is 272 g/mol. The first kappa shape index (κ1) is 14.1. The van der Waals surface area contributed by atoms with Crippen LogP contribution in [0.1, 0.15) is 19.4 Å². The Balaban J connectivity index is 1.83. The molecule has 0 saturated carbocycles. The topological polar surface area (TPSA) is 59.0 Å². The number of aromatic nitrogens is 2. The molecule has 0 radical (unpaired) electrons. The van der Waals surface area contributed by atoms with Gasteiger partial charge in [0.05, 0.1) is 11.9 Å². The molecule has 0 spiro atoms. The van der Waals surface area contributed by atoms with E-state index in [0.717, 1.165) is 17.7 Å². The van der Waals surface area contributed by atoms with E-state index in [1.165, 1.54) is 0 Å². The smallest absolute Gasteiger partial charge is 0.314 e. The van der Waals surface area contributed by atoms with Gasteiger partial charge >= 0.3 is 6.03 Å². The van der Waals surface area contributed by atoms with Gasteiger partial charge in [0.1, 0.15) is 0 Å². The number of amides is 2. The van der Waals surface area contributed by atoms with Gasteiger partial charge in [0.15, 0.2) is 0 Å². The van der Waals surface area contributed by atoms with Crippen molar-refractivity contribution in [2.75, 3.05) is 6.54 Å². The Morgan fingerprint density at radius 3 is 2.75 bits per heavy atom. The number of nitrogens with one attached hydrogen (secondary N) is 2. The lowest BCUT2D eigenvalue weighted by Crippen LogP contribution is -2.40. The van der Waals surface area contributed by atoms with Gasteiger partial charge in [0.2, 0.25) is 0 Å². The first-order valence-electron chi connectivity index (χ1n) is 6.78. The number of benzene rings is 1. The van der Waals surface area contributed by atoms with Crippen LogP contribution in [0.15, 0.2) is 42.7 Å². The highest BCUT2D eigenvalue weighted by molar-refractivity contribution is 5.74. The Kier molecular flexibility index (Phi) is 4.76. The lowest BCUT2D eigenvalue weighted by molar-refractivity contribution is 0.238. The van der Waals surface area contributed by atoms with Crippen LogP contribution in [0.25, 0.3) is 5.69 Å². The summed E-state index contributed by atoms with van der Waals surface area (Å²) in [5.74, 6) is 0. The lowest BCUT2D eigenvalue weighted by Gasteiger charge is -2.09. The maximum atomic E-state index is 11.4. The standard InChI is InChI=1S/C15H20N4O/c1-12(2)18-15(20)16-9-8-13-10-17-19(11-13)14-6-4-3-5-7-14/h3-7,10-12H,8-9H2,1-2H3,(H2,16,18,20). The van der Waals surface area contributed by atoms with Gasteiger partial charge in [-0.15, -0.1) is 0 Å². The van der Waals surface area contributed by atoms with E-state index < -0.39 is 0 Å². The molecule has 0 aliphatic heterocycles.